The molecule has 2 unspecified atom stereocenters. The number of benzene rings is 2. The number of carbonyl (C=O) groups is 2. The van der Waals surface area contributed by atoms with E-state index in [0.29, 0.717) is 29.1 Å². The van der Waals surface area contributed by atoms with Gasteiger partial charge in [0.25, 0.3) is 5.91 Å². The molecule has 16 heteroatoms. The SMILES string of the molecule is CCCS(=O)(=O)NC(=O)c1cc(F)c2nc(N3C4CCC3CC(OC(=O)c3c(-c5c(Cl)cccc5Cl)noc3C3(F)CC3)C4)sc2c1. The van der Waals surface area contributed by atoms with Crippen molar-refractivity contribution in [3.63, 3.8) is 0 Å². The van der Waals surface area contributed by atoms with Gasteiger partial charge >= 0.3 is 5.97 Å². The predicted octanol–water partition coefficient (Wildman–Crippen LogP) is 7.18. The first-order valence-corrected chi connectivity index (χ1v) is 18.4. The number of nitrogens with one attached hydrogen (secondary N) is 1. The molecule has 2 atom stereocenters. The normalized spacial score (nSPS) is 21.6. The number of piperidine rings is 1. The van der Waals surface area contributed by atoms with Gasteiger partial charge in [0, 0.05) is 36.1 Å². The van der Waals surface area contributed by atoms with Crippen molar-refractivity contribution in [3.05, 3.63) is 63.1 Å². The van der Waals surface area contributed by atoms with Crippen LogP contribution in [0.3, 0.4) is 0 Å². The van der Waals surface area contributed by atoms with Gasteiger partial charge in [-0.2, -0.15) is 0 Å². The minimum absolute atomic E-state index is 0.0254. The molecule has 2 aromatic heterocycles. The first kappa shape index (κ1) is 32.2. The maximum atomic E-state index is 15.3. The average Bonchev–Trinajstić information content (AvgIpc) is 3.30. The van der Waals surface area contributed by atoms with Gasteiger partial charge in [0.15, 0.2) is 22.4 Å². The molecule has 10 nitrogen and oxygen atoms in total. The van der Waals surface area contributed by atoms with E-state index in [-0.39, 0.29) is 74.4 Å². The Hall–Kier alpha value is -3.33. The maximum absolute atomic E-state index is 15.3. The molecule has 7 rings (SSSR count). The van der Waals surface area contributed by atoms with Gasteiger partial charge in [-0.3, -0.25) is 4.79 Å². The largest absolute Gasteiger partial charge is 0.458 e. The molecule has 2 bridgehead atoms. The molecule has 1 aliphatic carbocycles. The van der Waals surface area contributed by atoms with Crippen molar-refractivity contribution in [2.75, 3.05) is 10.7 Å². The van der Waals surface area contributed by atoms with E-state index in [4.69, 9.17) is 32.5 Å². The highest BCUT2D eigenvalue weighted by Crippen LogP contribution is 2.53. The Morgan fingerprint density at radius 2 is 1.85 bits per heavy atom. The van der Waals surface area contributed by atoms with Crippen LogP contribution in [0.1, 0.15) is 78.3 Å². The number of halogens is 4. The fourth-order valence-electron chi connectivity index (χ4n) is 6.50. The highest BCUT2D eigenvalue weighted by atomic mass is 35.5. The molecular weight excluding hydrogens is 697 g/mol. The highest BCUT2D eigenvalue weighted by Gasteiger charge is 2.53. The number of fused-ring (bicyclic) bond motifs is 3. The monoisotopic (exact) mass is 724 g/mol. The van der Waals surface area contributed by atoms with Crippen LogP contribution in [-0.2, 0) is 20.4 Å². The van der Waals surface area contributed by atoms with E-state index in [2.05, 4.69) is 15.0 Å². The second kappa shape index (κ2) is 12.0. The van der Waals surface area contributed by atoms with Crippen LogP contribution in [0, 0.1) is 5.82 Å². The number of aromatic nitrogens is 2. The summed E-state index contributed by atoms with van der Waals surface area (Å²) in [5, 5.41) is 5.01. The number of anilines is 1. The number of hydrogen-bond acceptors (Lipinski definition) is 10. The molecule has 4 aromatic rings. The van der Waals surface area contributed by atoms with E-state index >= 15 is 8.78 Å². The molecule has 248 valence electrons. The van der Waals surface area contributed by atoms with Crippen LogP contribution in [-0.4, -0.2) is 54.4 Å². The minimum Gasteiger partial charge on any atom is -0.458 e. The maximum Gasteiger partial charge on any atom is 0.344 e. The van der Waals surface area contributed by atoms with Gasteiger partial charge in [-0.25, -0.2) is 31.7 Å². The zero-order valence-corrected chi connectivity index (χ0v) is 28.0. The third-order valence-corrected chi connectivity index (χ3v) is 11.9. The van der Waals surface area contributed by atoms with Crippen molar-refractivity contribution in [2.24, 2.45) is 0 Å². The van der Waals surface area contributed by atoms with Gasteiger partial charge < -0.3 is 14.2 Å². The number of carbonyl (C=O) groups excluding carboxylic acids is 2. The van der Waals surface area contributed by atoms with Crippen molar-refractivity contribution in [1.82, 2.24) is 14.9 Å². The summed E-state index contributed by atoms with van der Waals surface area (Å²) in [4.78, 5) is 33.0. The highest BCUT2D eigenvalue weighted by molar-refractivity contribution is 7.90. The Balaban J connectivity index is 1.11. The Bertz CT molecular complexity index is 2000. The minimum atomic E-state index is -3.84. The van der Waals surface area contributed by atoms with Gasteiger partial charge in [0.1, 0.15) is 22.9 Å². The summed E-state index contributed by atoms with van der Waals surface area (Å²) >= 11 is 14.0. The number of alkyl halides is 1. The summed E-state index contributed by atoms with van der Waals surface area (Å²) in [6, 6.07) is 7.08. The van der Waals surface area contributed by atoms with E-state index in [1.54, 1.807) is 25.1 Å². The molecule has 1 N–H and O–H groups in total. The van der Waals surface area contributed by atoms with Crippen LogP contribution in [0.15, 0.2) is 34.9 Å². The summed E-state index contributed by atoms with van der Waals surface area (Å²) < 4.78 is 68.4. The van der Waals surface area contributed by atoms with Gasteiger partial charge in [0.2, 0.25) is 10.0 Å². The van der Waals surface area contributed by atoms with E-state index < -0.39 is 39.5 Å². The number of ether oxygens (including phenoxy) is 1. The Labute approximate surface area is 282 Å². The Morgan fingerprint density at radius 3 is 2.49 bits per heavy atom. The van der Waals surface area contributed by atoms with Gasteiger partial charge in [-0.15, -0.1) is 0 Å². The van der Waals surface area contributed by atoms with Crippen LogP contribution >= 0.6 is 34.5 Å². The van der Waals surface area contributed by atoms with Crippen molar-refractivity contribution < 1.29 is 36.0 Å². The fourth-order valence-corrected chi connectivity index (χ4v) is 9.28. The number of hydrogen-bond donors (Lipinski definition) is 1. The van der Waals surface area contributed by atoms with E-state index in [1.165, 1.54) is 17.4 Å². The third-order valence-electron chi connectivity index (χ3n) is 8.80. The van der Waals surface area contributed by atoms with E-state index in [9.17, 15) is 18.0 Å². The molecule has 3 fully saturated rings. The lowest BCUT2D eigenvalue weighted by molar-refractivity contribution is 0.0198. The van der Waals surface area contributed by atoms with E-state index in [1.807, 2.05) is 4.72 Å². The first-order valence-electron chi connectivity index (χ1n) is 15.1. The van der Waals surface area contributed by atoms with Crippen molar-refractivity contribution in [2.45, 2.75) is 75.7 Å². The standard InChI is InChI=1S/C31H28Cl2F2N4O6S2/c1-2-10-47(42,43)38-28(40)15-11-21(34)25-22(12-15)46-30(36-25)39-16-6-7-17(39)14-18(13-16)44-29(41)24-26(23-19(32)4-3-5-20(23)33)37-45-27(24)31(35)8-9-31/h3-5,11-12,16-18H,2,6-10,13-14H2,1H3,(H,38,40). The molecule has 1 saturated carbocycles. The second-order valence-corrected chi connectivity index (χ2v) is 15.8. The predicted molar refractivity (Wildman–Crippen MR) is 173 cm³/mol. The molecule has 2 aliphatic heterocycles. The number of rotatable bonds is 9. The molecule has 0 spiro atoms. The summed E-state index contributed by atoms with van der Waals surface area (Å²) in [7, 11) is -3.84. The van der Waals surface area contributed by atoms with Gasteiger partial charge in [-0.1, -0.05) is 52.7 Å². The molecule has 0 radical (unpaired) electrons. The average molecular weight is 726 g/mol. The summed E-state index contributed by atoms with van der Waals surface area (Å²) in [6.07, 6.45) is 2.67. The molecule has 2 aromatic carbocycles. The van der Waals surface area contributed by atoms with Crippen molar-refractivity contribution in [3.8, 4) is 11.3 Å². The van der Waals surface area contributed by atoms with Crippen LogP contribution in [0.5, 0.6) is 0 Å². The van der Waals surface area contributed by atoms with Crippen molar-refractivity contribution >= 4 is 71.8 Å². The molecule has 3 aliphatic rings. The zero-order chi connectivity index (χ0) is 33.2. The zero-order valence-electron chi connectivity index (χ0n) is 24.9. The molecule has 4 heterocycles. The second-order valence-electron chi connectivity index (χ2n) is 12.1. The van der Waals surface area contributed by atoms with Gasteiger partial charge in [-0.05, 0) is 56.4 Å². The van der Waals surface area contributed by atoms with Crippen LogP contribution < -0.4 is 9.62 Å². The summed E-state index contributed by atoms with van der Waals surface area (Å²) in [5.74, 6) is -2.84. The number of sulfonamides is 1. The lowest BCUT2D eigenvalue weighted by atomic mass is 9.99. The molecule has 2 saturated heterocycles. The Morgan fingerprint density at radius 1 is 1.17 bits per heavy atom. The third kappa shape index (κ3) is 5.98. The quantitative estimate of drug-likeness (QED) is 0.178. The fraction of sp³-hybridized carbons (Fsp3) is 0.419. The van der Waals surface area contributed by atoms with Crippen molar-refractivity contribution in [1.29, 1.82) is 0 Å². The Kier molecular flexibility index (Phi) is 8.21. The van der Waals surface area contributed by atoms with Crippen LogP contribution in [0.2, 0.25) is 10.0 Å². The molecule has 47 heavy (non-hydrogen) atoms. The number of amides is 1. The van der Waals surface area contributed by atoms with Gasteiger partial charge in [0.05, 0.1) is 20.5 Å². The number of esters is 1. The molecule has 1 amide bonds. The summed E-state index contributed by atoms with van der Waals surface area (Å²) in [5.41, 5.74) is -1.70. The lowest BCUT2D eigenvalue weighted by Crippen LogP contribution is -2.46. The van der Waals surface area contributed by atoms with Crippen LogP contribution in [0.25, 0.3) is 21.5 Å². The van der Waals surface area contributed by atoms with E-state index in [0.717, 1.165) is 18.9 Å². The summed E-state index contributed by atoms with van der Waals surface area (Å²) in [6.45, 7) is 1.67. The number of nitrogens with zero attached hydrogens (tertiary/aromatic N) is 3. The number of thiazole rings is 1. The van der Waals surface area contributed by atoms with Crippen LogP contribution in [0.4, 0.5) is 13.9 Å². The lowest BCUT2D eigenvalue weighted by Gasteiger charge is -2.38. The first-order chi connectivity index (χ1) is 22.4. The topological polar surface area (TPSA) is 132 Å². The molecular formula is C31H28Cl2F2N4O6S2. The smallest absolute Gasteiger partial charge is 0.344 e.